The second-order valence-corrected chi connectivity index (χ2v) is 4.83. The first-order valence-electron chi connectivity index (χ1n) is 5.97. The molecule has 0 saturated carbocycles. The molecule has 1 unspecified atom stereocenters. The number of anilines is 1. The molecule has 0 radical (unpaired) electrons. The number of nitrogens with one attached hydrogen (secondary N) is 1. The van der Waals surface area contributed by atoms with E-state index < -0.39 is 17.7 Å². The average Bonchev–Trinajstić information content (AvgIpc) is 2.40. The fourth-order valence-corrected chi connectivity index (χ4v) is 2.23. The van der Waals surface area contributed by atoms with Gasteiger partial charge in [0.15, 0.2) is 0 Å². The zero-order chi connectivity index (χ0) is 14.7. The molecule has 0 aliphatic heterocycles. The molecule has 0 amide bonds. The van der Waals surface area contributed by atoms with E-state index in [2.05, 4.69) is 5.43 Å². The van der Waals surface area contributed by atoms with E-state index in [4.69, 9.17) is 23.2 Å². The molecule has 20 heavy (non-hydrogen) atoms. The van der Waals surface area contributed by atoms with Crippen molar-refractivity contribution in [2.75, 3.05) is 5.73 Å². The lowest BCUT2D eigenvalue weighted by atomic mass is 9.97. The molecule has 0 aromatic heterocycles. The van der Waals surface area contributed by atoms with Crippen LogP contribution in [0, 0.1) is 11.6 Å². The Labute approximate surface area is 120 Å². The van der Waals surface area contributed by atoms with Gasteiger partial charge in [0, 0.05) is 16.3 Å². The van der Waals surface area contributed by atoms with Crippen molar-refractivity contribution in [1.82, 2.24) is 5.43 Å². The van der Waals surface area contributed by atoms with Crippen LogP contribution >= 0.6 is 11.6 Å². The number of hydrazine groups is 1. The minimum Gasteiger partial charge on any atom is -0.398 e. The minimum absolute atomic E-state index is 0.0372. The van der Waals surface area contributed by atoms with Gasteiger partial charge in [-0.15, -0.1) is 0 Å². The summed E-state index contributed by atoms with van der Waals surface area (Å²) in [6.07, 6.45) is 0.0425. The summed E-state index contributed by atoms with van der Waals surface area (Å²) in [6, 6.07) is 8.11. The van der Waals surface area contributed by atoms with Crippen LogP contribution in [-0.2, 0) is 6.42 Å². The molecule has 5 N–H and O–H groups in total. The molecule has 0 bridgehead atoms. The molecule has 0 heterocycles. The maximum absolute atomic E-state index is 13.7. The molecule has 106 valence electrons. The quantitative estimate of drug-likeness (QED) is 0.462. The van der Waals surface area contributed by atoms with E-state index in [1.807, 2.05) is 0 Å². The fourth-order valence-electron chi connectivity index (χ4n) is 2.05. The van der Waals surface area contributed by atoms with Gasteiger partial charge in [-0.05, 0) is 36.2 Å². The summed E-state index contributed by atoms with van der Waals surface area (Å²) in [5.41, 5.74) is 9.40. The number of hydrogen-bond acceptors (Lipinski definition) is 3. The number of hydrogen-bond donors (Lipinski definition) is 3. The van der Waals surface area contributed by atoms with Gasteiger partial charge in [-0.3, -0.25) is 11.3 Å². The number of nitrogens with two attached hydrogens (primary N) is 2. The molecule has 0 aliphatic carbocycles. The van der Waals surface area contributed by atoms with Gasteiger partial charge in [-0.2, -0.15) is 0 Å². The molecule has 0 spiro atoms. The summed E-state index contributed by atoms with van der Waals surface area (Å²) in [5, 5.41) is 0.485. The lowest BCUT2D eigenvalue weighted by Gasteiger charge is -2.19. The minimum atomic E-state index is -0.613. The number of halogens is 3. The van der Waals surface area contributed by atoms with Crippen molar-refractivity contribution in [2.45, 2.75) is 12.5 Å². The van der Waals surface area contributed by atoms with E-state index >= 15 is 0 Å². The van der Waals surface area contributed by atoms with Crippen molar-refractivity contribution in [3.63, 3.8) is 0 Å². The Bertz CT molecular complexity index is 599. The summed E-state index contributed by atoms with van der Waals surface area (Å²) >= 11 is 5.82. The van der Waals surface area contributed by atoms with Gasteiger partial charge < -0.3 is 5.73 Å². The summed E-state index contributed by atoms with van der Waals surface area (Å²) in [5.74, 6) is 4.25. The molecule has 6 heteroatoms. The van der Waals surface area contributed by atoms with E-state index in [1.54, 1.807) is 18.2 Å². The molecule has 2 aromatic rings. The Morgan fingerprint density at radius 3 is 2.35 bits per heavy atom. The van der Waals surface area contributed by atoms with E-state index in [0.717, 1.165) is 0 Å². The van der Waals surface area contributed by atoms with Crippen LogP contribution in [0.3, 0.4) is 0 Å². The molecule has 3 nitrogen and oxygen atoms in total. The normalized spacial score (nSPS) is 12.4. The summed E-state index contributed by atoms with van der Waals surface area (Å²) < 4.78 is 27.3. The van der Waals surface area contributed by atoms with Gasteiger partial charge >= 0.3 is 0 Å². The van der Waals surface area contributed by atoms with Gasteiger partial charge in [-0.1, -0.05) is 23.7 Å². The monoisotopic (exact) mass is 297 g/mol. The van der Waals surface area contributed by atoms with Crippen LogP contribution in [-0.4, -0.2) is 0 Å². The van der Waals surface area contributed by atoms with E-state index in [-0.39, 0.29) is 12.0 Å². The van der Waals surface area contributed by atoms with Gasteiger partial charge in [0.25, 0.3) is 0 Å². The number of nitrogen functional groups attached to an aromatic ring is 1. The predicted molar refractivity (Wildman–Crippen MR) is 76.0 cm³/mol. The largest absolute Gasteiger partial charge is 0.398 e. The summed E-state index contributed by atoms with van der Waals surface area (Å²) in [4.78, 5) is 0. The lowest BCUT2D eigenvalue weighted by Crippen LogP contribution is -2.30. The molecule has 2 aromatic carbocycles. The van der Waals surface area contributed by atoms with Crippen LogP contribution in [0.15, 0.2) is 36.4 Å². The van der Waals surface area contributed by atoms with E-state index in [0.29, 0.717) is 16.3 Å². The first kappa shape index (κ1) is 14.7. The first-order chi connectivity index (χ1) is 9.52. The highest BCUT2D eigenvalue weighted by Crippen LogP contribution is 2.27. The molecular formula is C14H14ClF2N3. The third-order valence-electron chi connectivity index (χ3n) is 3.10. The number of rotatable bonds is 4. The van der Waals surface area contributed by atoms with Crippen molar-refractivity contribution >= 4 is 17.3 Å². The zero-order valence-electron chi connectivity index (χ0n) is 10.5. The summed E-state index contributed by atoms with van der Waals surface area (Å²) in [6.45, 7) is 0. The van der Waals surface area contributed by atoms with Crippen molar-refractivity contribution in [3.8, 4) is 0 Å². The Balaban J connectivity index is 2.34. The molecule has 0 aliphatic rings. The zero-order valence-corrected chi connectivity index (χ0v) is 11.3. The Morgan fingerprint density at radius 1 is 1.15 bits per heavy atom. The van der Waals surface area contributed by atoms with Crippen LogP contribution < -0.4 is 17.0 Å². The van der Waals surface area contributed by atoms with Crippen LogP contribution in [0.1, 0.15) is 17.2 Å². The van der Waals surface area contributed by atoms with Crippen LogP contribution in [0.4, 0.5) is 14.5 Å². The van der Waals surface area contributed by atoms with Crippen LogP contribution in [0.2, 0.25) is 5.02 Å². The lowest BCUT2D eigenvalue weighted by molar-refractivity contribution is 0.500. The highest BCUT2D eigenvalue weighted by Gasteiger charge is 2.18. The fraction of sp³-hybridized carbons (Fsp3) is 0.143. The average molecular weight is 298 g/mol. The molecule has 0 saturated heterocycles. The van der Waals surface area contributed by atoms with Gasteiger partial charge in [0.2, 0.25) is 0 Å². The second-order valence-electron chi connectivity index (χ2n) is 4.40. The highest BCUT2D eigenvalue weighted by molar-refractivity contribution is 6.30. The van der Waals surface area contributed by atoms with E-state index in [1.165, 1.54) is 18.2 Å². The Morgan fingerprint density at radius 2 is 1.80 bits per heavy atom. The Kier molecular flexibility index (Phi) is 4.54. The summed E-state index contributed by atoms with van der Waals surface area (Å²) in [7, 11) is 0. The smallest absolute Gasteiger partial charge is 0.129 e. The van der Waals surface area contributed by atoms with Crippen molar-refractivity contribution in [3.05, 3.63) is 64.2 Å². The maximum Gasteiger partial charge on any atom is 0.129 e. The highest BCUT2D eigenvalue weighted by atomic mass is 35.5. The van der Waals surface area contributed by atoms with Crippen molar-refractivity contribution < 1.29 is 8.78 Å². The van der Waals surface area contributed by atoms with Crippen molar-refractivity contribution in [1.29, 1.82) is 0 Å². The molecular weight excluding hydrogens is 284 g/mol. The molecule has 1 atom stereocenters. The topological polar surface area (TPSA) is 64.1 Å². The van der Waals surface area contributed by atoms with E-state index in [9.17, 15) is 8.78 Å². The SMILES string of the molecule is NNC(Cc1c(F)cccc1F)c1ccc(Cl)cc1N. The van der Waals surface area contributed by atoms with Gasteiger partial charge in [0.05, 0.1) is 6.04 Å². The maximum atomic E-state index is 13.7. The first-order valence-corrected chi connectivity index (χ1v) is 6.34. The third kappa shape index (κ3) is 3.07. The van der Waals surface area contributed by atoms with Crippen LogP contribution in [0.25, 0.3) is 0 Å². The van der Waals surface area contributed by atoms with Crippen LogP contribution in [0.5, 0.6) is 0 Å². The Hall–Kier alpha value is -1.69. The van der Waals surface area contributed by atoms with Crippen molar-refractivity contribution in [2.24, 2.45) is 5.84 Å². The number of benzene rings is 2. The predicted octanol–water partition coefficient (Wildman–Crippen LogP) is 2.95. The van der Waals surface area contributed by atoms with Gasteiger partial charge in [0.1, 0.15) is 11.6 Å². The standard InChI is InChI=1S/C14H14ClF2N3/c15-8-4-5-9(13(18)6-8)14(20-19)7-10-11(16)2-1-3-12(10)17/h1-6,14,20H,7,18-19H2. The second kappa shape index (κ2) is 6.17. The molecule has 0 fully saturated rings. The third-order valence-corrected chi connectivity index (χ3v) is 3.33. The molecule has 2 rings (SSSR count). The van der Waals surface area contributed by atoms with Gasteiger partial charge in [-0.25, -0.2) is 8.78 Å².